The summed E-state index contributed by atoms with van der Waals surface area (Å²) >= 11 is 0. The minimum absolute atomic E-state index is 0.553. The first-order valence-corrected chi connectivity index (χ1v) is 2.23. The fourth-order valence-electron chi connectivity index (χ4n) is 0.444. The molecule has 0 unspecified atom stereocenters. The van der Waals surface area contributed by atoms with E-state index in [1.165, 1.54) is 0 Å². The van der Waals surface area contributed by atoms with Crippen LogP contribution in [0.2, 0.25) is 0 Å². The molecule has 1 aliphatic heterocycles. The topological polar surface area (TPSA) is 33.6 Å². The lowest BCUT2D eigenvalue weighted by molar-refractivity contribution is 0.139. The van der Waals surface area contributed by atoms with Gasteiger partial charge in [0, 0.05) is 0 Å². The van der Waals surface area contributed by atoms with Gasteiger partial charge in [-0.1, -0.05) is 0 Å². The Morgan fingerprint density at radius 3 is 3.00 bits per heavy atom. The first-order valence-electron chi connectivity index (χ1n) is 2.23. The molecule has 0 radical (unpaired) electrons. The second-order valence-electron chi connectivity index (χ2n) is 1.50. The van der Waals surface area contributed by atoms with Crippen molar-refractivity contribution in [2.24, 2.45) is 5.10 Å². The van der Waals surface area contributed by atoms with Crippen molar-refractivity contribution in [1.29, 1.82) is 0 Å². The molecule has 1 rings (SSSR count). The van der Waals surface area contributed by atoms with Gasteiger partial charge in [-0.3, -0.25) is 5.43 Å². The van der Waals surface area contributed by atoms with Crippen molar-refractivity contribution >= 4 is 5.71 Å². The fraction of sp³-hybridized carbons (Fsp3) is 0.750. The van der Waals surface area contributed by atoms with Crippen LogP contribution < -0.4 is 5.43 Å². The summed E-state index contributed by atoms with van der Waals surface area (Å²) in [6, 6.07) is 0. The van der Waals surface area contributed by atoms with Gasteiger partial charge in [0.15, 0.2) is 0 Å². The predicted octanol–water partition coefficient (Wildman–Crippen LogP) is -0.0604. The minimum Gasteiger partial charge on any atom is -0.354 e. The molecule has 1 N–H and O–H groups in total. The standard InChI is InChI=1S/C4H8N2O/c1-4-2-7-3-5-6-4/h5H,2-3H2,1H3. The zero-order valence-electron chi connectivity index (χ0n) is 4.27. The Balaban J connectivity index is 2.40. The fourth-order valence-corrected chi connectivity index (χ4v) is 0.444. The van der Waals surface area contributed by atoms with E-state index in [1.54, 1.807) is 0 Å². The Hall–Kier alpha value is -0.570. The van der Waals surface area contributed by atoms with Gasteiger partial charge in [-0.05, 0) is 6.92 Å². The van der Waals surface area contributed by atoms with Gasteiger partial charge in [0.05, 0.1) is 12.3 Å². The zero-order chi connectivity index (χ0) is 5.11. The number of ether oxygens (including phenoxy) is 1. The molecule has 0 aromatic heterocycles. The smallest absolute Gasteiger partial charge is 0.132 e. The molecule has 3 nitrogen and oxygen atoms in total. The SMILES string of the molecule is CC1=NNCOC1. The maximum absolute atomic E-state index is 4.94. The summed E-state index contributed by atoms with van der Waals surface area (Å²) in [5.74, 6) is 0. The number of hydrogen-bond acceptors (Lipinski definition) is 3. The summed E-state index contributed by atoms with van der Waals surface area (Å²) in [7, 11) is 0. The van der Waals surface area contributed by atoms with E-state index < -0.39 is 0 Å². The molecular weight excluding hydrogens is 92.1 g/mol. The zero-order valence-corrected chi connectivity index (χ0v) is 4.27. The molecule has 0 saturated heterocycles. The van der Waals surface area contributed by atoms with Crippen molar-refractivity contribution in [3.8, 4) is 0 Å². The average Bonchev–Trinajstić information content (AvgIpc) is 1.69. The van der Waals surface area contributed by atoms with Crippen LogP contribution in [0.25, 0.3) is 0 Å². The van der Waals surface area contributed by atoms with Gasteiger partial charge in [-0.2, -0.15) is 5.10 Å². The van der Waals surface area contributed by atoms with E-state index >= 15 is 0 Å². The molecule has 1 heterocycles. The molecule has 0 atom stereocenters. The lowest BCUT2D eigenvalue weighted by Crippen LogP contribution is -2.23. The largest absolute Gasteiger partial charge is 0.354 e. The second kappa shape index (κ2) is 1.93. The first kappa shape index (κ1) is 4.59. The van der Waals surface area contributed by atoms with E-state index in [-0.39, 0.29) is 0 Å². The number of hydrogen-bond donors (Lipinski definition) is 1. The Bertz CT molecular complexity index is 89.7. The molecular formula is C4H8N2O. The van der Waals surface area contributed by atoms with Gasteiger partial charge in [-0.25, -0.2) is 0 Å². The van der Waals surface area contributed by atoms with Crippen molar-refractivity contribution in [1.82, 2.24) is 5.43 Å². The van der Waals surface area contributed by atoms with Crippen LogP contribution in [0.1, 0.15) is 6.92 Å². The molecule has 7 heavy (non-hydrogen) atoms. The molecule has 0 aliphatic carbocycles. The normalized spacial score (nSPS) is 20.4. The summed E-state index contributed by atoms with van der Waals surface area (Å²) < 4.78 is 4.94. The van der Waals surface area contributed by atoms with Crippen LogP contribution in [0.15, 0.2) is 5.10 Å². The summed E-state index contributed by atoms with van der Waals surface area (Å²) in [5.41, 5.74) is 3.71. The average molecular weight is 100 g/mol. The Morgan fingerprint density at radius 2 is 2.71 bits per heavy atom. The van der Waals surface area contributed by atoms with Gasteiger partial charge in [0.25, 0.3) is 0 Å². The van der Waals surface area contributed by atoms with E-state index in [0.29, 0.717) is 13.3 Å². The van der Waals surface area contributed by atoms with Gasteiger partial charge in [0.2, 0.25) is 0 Å². The Labute approximate surface area is 42.4 Å². The molecule has 40 valence electrons. The number of rotatable bonds is 0. The van der Waals surface area contributed by atoms with Crippen molar-refractivity contribution < 1.29 is 4.74 Å². The van der Waals surface area contributed by atoms with Crippen molar-refractivity contribution in [2.45, 2.75) is 6.92 Å². The third-order valence-corrected chi connectivity index (χ3v) is 0.747. The highest BCUT2D eigenvalue weighted by atomic mass is 16.5. The van der Waals surface area contributed by atoms with E-state index in [4.69, 9.17) is 4.74 Å². The highest BCUT2D eigenvalue weighted by molar-refractivity contribution is 5.83. The molecule has 0 saturated carbocycles. The molecule has 0 spiro atoms. The maximum atomic E-state index is 4.94. The minimum atomic E-state index is 0.553. The van der Waals surface area contributed by atoms with Gasteiger partial charge >= 0.3 is 0 Å². The third-order valence-electron chi connectivity index (χ3n) is 0.747. The van der Waals surface area contributed by atoms with Crippen LogP contribution in [0.5, 0.6) is 0 Å². The van der Waals surface area contributed by atoms with Crippen LogP contribution >= 0.6 is 0 Å². The van der Waals surface area contributed by atoms with Gasteiger partial charge in [-0.15, -0.1) is 0 Å². The summed E-state index contributed by atoms with van der Waals surface area (Å²) in [6.45, 7) is 3.15. The monoisotopic (exact) mass is 100 g/mol. The van der Waals surface area contributed by atoms with Crippen LogP contribution in [0.4, 0.5) is 0 Å². The summed E-state index contributed by atoms with van der Waals surface area (Å²) in [4.78, 5) is 0. The number of nitrogens with one attached hydrogen (secondary N) is 1. The van der Waals surface area contributed by atoms with E-state index in [1.807, 2.05) is 6.92 Å². The predicted molar refractivity (Wildman–Crippen MR) is 27.1 cm³/mol. The van der Waals surface area contributed by atoms with E-state index in [9.17, 15) is 0 Å². The second-order valence-corrected chi connectivity index (χ2v) is 1.50. The molecule has 3 heteroatoms. The summed E-state index contributed by atoms with van der Waals surface area (Å²) in [6.07, 6.45) is 0. The highest BCUT2D eigenvalue weighted by Gasteiger charge is 1.95. The Kier molecular flexibility index (Phi) is 1.26. The first-order chi connectivity index (χ1) is 3.39. The molecule has 0 aromatic rings. The maximum Gasteiger partial charge on any atom is 0.132 e. The molecule has 0 fully saturated rings. The van der Waals surface area contributed by atoms with Crippen molar-refractivity contribution in [3.05, 3.63) is 0 Å². The number of nitrogens with zero attached hydrogens (tertiary/aromatic N) is 1. The van der Waals surface area contributed by atoms with Crippen LogP contribution in [0, 0.1) is 0 Å². The van der Waals surface area contributed by atoms with Crippen molar-refractivity contribution in [3.63, 3.8) is 0 Å². The molecule has 0 amide bonds. The van der Waals surface area contributed by atoms with Crippen LogP contribution in [0.3, 0.4) is 0 Å². The van der Waals surface area contributed by atoms with Gasteiger partial charge in [0.1, 0.15) is 6.73 Å². The summed E-state index contributed by atoms with van der Waals surface area (Å²) in [5, 5.41) is 3.87. The number of hydrazone groups is 1. The van der Waals surface area contributed by atoms with E-state index in [2.05, 4.69) is 10.5 Å². The lowest BCUT2D eigenvalue weighted by Gasteiger charge is -2.08. The molecule has 0 bridgehead atoms. The highest BCUT2D eigenvalue weighted by Crippen LogP contribution is 1.82. The van der Waals surface area contributed by atoms with Crippen molar-refractivity contribution in [2.75, 3.05) is 13.3 Å². The van der Waals surface area contributed by atoms with Crippen LogP contribution in [-0.2, 0) is 4.74 Å². The third kappa shape index (κ3) is 1.16. The quantitative estimate of drug-likeness (QED) is 0.462. The van der Waals surface area contributed by atoms with Gasteiger partial charge < -0.3 is 4.74 Å². The lowest BCUT2D eigenvalue weighted by atomic mass is 10.5. The molecule has 1 aliphatic rings. The van der Waals surface area contributed by atoms with E-state index in [0.717, 1.165) is 5.71 Å². The molecule has 0 aromatic carbocycles. The van der Waals surface area contributed by atoms with Crippen LogP contribution in [-0.4, -0.2) is 19.0 Å². The Morgan fingerprint density at radius 1 is 1.86 bits per heavy atom.